The van der Waals surface area contributed by atoms with E-state index in [2.05, 4.69) is 29.5 Å². The molecule has 1 aromatic carbocycles. The van der Waals surface area contributed by atoms with Gasteiger partial charge in [0.15, 0.2) is 5.96 Å². The average Bonchev–Trinajstić information content (AvgIpc) is 2.70. The van der Waals surface area contributed by atoms with Gasteiger partial charge < -0.3 is 20.3 Å². The Morgan fingerprint density at radius 3 is 2.24 bits per heavy atom. The quantitative estimate of drug-likeness (QED) is 0.330. The van der Waals surface area contributed by atoms with Gasteiger partial charge in [-0.15, -0.1) is 24.0 Å². The summed E-state index contributed by atoms with van der Waals surface area (Å²) in [6, 6.07) is 7.82. The van der Waals surface area contributed by atoms with Gasteiger partial charge in [-0.1, -0.05) is 38.8 Å². The molecule has 1 heterocycles. The van der Waals surface area contributed by atoms with Crippen LogP contribution >= 0.6 is 24.0 Å². The van der Waals surface area contributed by atoms with Crippen LogP contribution in [0.5, 0.6) is 0 Å². The Labute approximate surface area is 192 Å². The van der Waals surface area contributed by atoms with Gasteiger partial charge in [0, 0.05) is 38.8 Å². The number of carbonyl (C=O) groups excluding carboxylic acids is 1. The average molecular weight is 516 g/mol. The van der Waals surface area contributed by atoms with E-state index in [1.165, 1.54) is 0 Å². The van der Waals surface area contributed by atoms with E-state index in [-0.39, 0.29) is 42.1 Å². The second-order valence-corrected chi connectivity index (χ2v) is 7.65. The van der Waals surface area contributed by atoms with Crippen LogP contribution in [0.1, 0.15) is 56.5 Å². The minimum Gasteiger partial charge on any atom is -0.372 e. The van der Waals surface area contributed by atoms with Crippen molar-refractivity contribution in [1.29, 1.82) is 0 Å². The lowest BCUT2D eigenvalue weighted by molar-refractivity contribution is -0.0586. The molecule has 1 amide bonds. The summed E-state index contributed by atoms with van der Waals surface area (Å²) in [6.07, 6.45) is 2.48. The fourth-order valence-electron chi connectivity index (χ4n) is 3.52. The third kappa shape index (κ3) is 8.12. The van der Waals surface area contributed by atoms with Gasteiger partial charge in [-0.3, -0.25) is 9.79 Å². The third-order valence-electron chi connectivity index (χ3n) is 5.30. The zero-order valence-corrected chi connectivity index (χ0v) is 20.7. The fraction of sp³-hybridized carbons (Fsp3) is 0.636. The van der Waals surface area contributed by atoms with Crippen LogP contribution < -0.4 is 10.6 Å². The van der Waals surface area contributed by atoms with E-state index in [1.807, 2.05) is 43.0 Å². The summed E-state index contributed by atoms with van der Waals surface area (Å²) >= 11 is 0. The van der Waals surface area contributed by atoms with Crippen molar-refractivity contribution in [3.63, 3.8) is 0 Å². The third-order valence-corrected chi connectivity index (χ3v) is 5.30. The monoisotopic (exact) mass is 516 g/mol. The maximum absolute atomic E-state index is 12.7. The van der Waals surface area contributed by atoms with Gasteiger partial charge in [0.25, 0.3) is 5.91 Å². The number of morpholine rings is 1. The van der Waals surface area contributed by atoms with E-state index in [1.54, 1.807) is 7.05 Å². The molecule has 1 saturated heterocycles. The van der Waals surface area contributed by atoms with Crippen molar-refractivity contribution in [1.82, 2.24) is 15.5 Å². The van der Waals surface area contributed by atoms with Crippen LogP contribution in [0, 0.1) is 5.92 Å². The Hall–Kier alpha value is -1.35. The second-order valence-electron chi connectivity index (χ2n) is 7.65. The van der Waals surface area contributed by atoms with Crippen LogP contribution in [0.2, 0.25) is 0 Å². The van der Waals surface area contributed by atoms with Crippen molar-refractivity contribution in [2.75, 3.05) is 26.7 Å². The first-order valence-corrected chi connectivity index (χ1v) is 10.4. The molecule has 2 rings (SSSR count). The summed E-state index contributed by atoms with van der Waals surface area (Å²) in [5, 5.41) is 6.73. The molecule has 0 aliphatic carbocycles. The summed E-state index contributed by atoms with van der Waals surface area (Å²) < 4.78 is 5.72. The number of guanidine groups is 1. The van der Waals surface area contributed by atoms with E-state index in [0.717, 1.165) is 36.5 Å². The van der Waals surface area contributed by atoms with Crippen molar-refractivity contribution in [2.24, 2.45) is 10.9 Å². The van der Waals surface area contributed by atoms with Crippen LogP contribution in [0.25, 0.3) is 0 Å². The zero-order chi connectivity index (χ0) is 20.5. The minimum absolute atomic E-state index is 0. The largest absolute Gasteiger partial charge is 0.372 e. The molecule has 1 aliphatic heterocycles. The molecule has 0 aromatic heterocycles. The number of ether oxygens (including phenoxy) is 1. The Morgan fingerprint density at radius 2 is 1.72 bits per heavy atom. The van der Waals surface area contributed by atoms with Crippen molar-refractivity contribution in [3.05, 3.63) is 35.4 Å². The number of aliphatic imine (C=N–C) groups is 1. The lowest BCUT2D eigenvalue weighted by Gasteiger charge is -2.35. The molecule has 0 bridgehead atoms. The molecule has 6 nitrogen and oxygen atoms in total. The molecule has 0 spiro atoms. The fourth-order valence-corrected chi connectivity index (χ4v) is 3.52. The van der Waals surface area contributed by atoms with Crippen molar-refractivity contribution in [2.45, 2.75) is 59.3 Å². The Bertz CT molecular complexity index is 637. The summed E-state index contributed by atoms with van der Waals surface area (Å²) in [5.74, 6) is 1.54. The lowest BCUT2D eigenvalue weighted by Crippen LogP contribution is -2.48. The highest BCUT2D eigenvalue weighted by molar-refractivity contribution is 14.0. The Morgan fingerprint density at radius 1 is 1.14 bits per heavy atom. The lowest BCUT2D eigenvalue weighted by atomic mass is 10.0. The molecule has 1 fully saturated rings. The first kappa shape index (κ1) is 25.7. The molecule has 29 heavy (non-hydrogen) atoms. The number of rotatable bonds is 7. The highest BCUT2D eigenvalue weighted by Gasteiger charge is 2.26. The van der Waals surface area contributed by atoms with Gasteiger partial charge in [0.2, 0.25) is 0 Å². The number of amides is 1. The van der Waals surface area contributed by atoms with Crippen molar-refractivity contribution < 1.29 is 9.53 Å². The van der Waals surface area contributed by atoms with E-state index >= 15 is 0 Å². The molecular formula is C22H37IN4O2. The standard InChI is InChI=1S/C22H36N4O2.HI/c1-6-18(7-2)12-24-22(23-5)25-13-19-8-10-20(11-9-19)21(27)26-14-16(3)28-17(4)15-26;/h8-11,16-18H,6-7,12-15H2,1-5H3,(H2,23,24,25);1H. The molecule has 0 saturated carbocycles. The molecule has 7 heteroatoms. The number of hydrogen-bond acceptors (Lipinski definition) is 3. The van der Waals surface area contributed by atoms with E-state index in [0.29, 0.717) is 25.6 Å². The van der Waals surface area contributed by atoms with E-state index in [9.17, 15) is 4.79 Å². The van der Waals surface area contributed by atoms with Crippen LogP contribution in [0.3, 0.4) is 0 Å². The first-order chi connectivity index (χ1) is 13.5. The summed E-state index contributed by atoms with van der Waals surface area (Å²) in [4.78, 5) is 18.9. The molecule has 164 valence electrons. The predicted octanol–water partition coefficient (Wildman–Crippen LogP) is 3.66. The SMILES string of the molecule is CCC(CC)CNC(=NC)NCc1ccc(C(=O)N2CC(C)OC(C)C2)cc1.I. The summed E-state index contributed by atoms with van der Waals surface area (Å²) in [5.41, 5.74) is 1.84. The zero-order valence-electron chi connectivity index (χ0n) is 18.4. The molecule has 2 N–H and O–H groups in total. The smallest absolute Gasteiger partial charge is 0.254 e. The first-order valence-electron chi connectivity index (χ1n) is 10.4. The summed E-state index contributed by atoms with van der Waals surface area (Å²) in [6.45, 7) is 11.3. The van der Waals surface area contributed by atoms with Crippen LogP contribution in [0.15, 0.2) is 29.3 Å². The highest BCUT2D eigenvalue weighted by atomic mass is 127. The van der Waals surface area contributed by atoms with Gasteiger partial charge in [-0.05, 0) is 37.5 Å². The number of halogens is 1. The topological polar surface area (TPSA) is 66.0 Å². The Kier molecular flexibility index (Phi) is 11.6. The molecule has 2 unspecified atom stereocenters. The molecule has 0 radical (unpaired) electrons. The second kappa shape index (κ2) is 13.1. The number of hydrogen-bond donors (Lipinski definition) is 2. The molecule has 1 aliphatic rings. The molecular weight excluding hydrogens is 479 g/mol. The predicted molar refractivity (Wildman–Crippen MR) is 130 cm³/mol. The van der Waals surface area contributed by atoms with Crippen LogP contribution in [-0.2, 0) is 11.3 Å². The normalized spacial score (nSPS) is 19.7. The Balaban J connectivity index is 0.00000420. The van der Waals surface area contributed by atoms with Crippen LogP contribution in [0.4, 0.5) is 0 Å². The molecule has 1 aromatic rings. The number of benzene rings is 1. The van der Waals surface area contributed by atoms with Crippen molar-refractivity contribution in [3.8, 4) is 0 Å². The highest BCUT2D eigenvalue weighted by Crippen LogP contribution is 2.15. The van der Waals surface area contributed by atoms with Crippen LogP contribution in [-0.4, -0.2) is 55.7 Å². The van der Waals surface area contributed by atoms with E-state index < -0.39 is 0 Å². The summed E-state index contributed by atoms with van der Waals surface area (Å²) in [7, 11) is 1.79. The molecule has 2 atom stereocenters. The van der Waals surface area contributed by atoms with Gasteiger partial charge in [-0.2, -0.15) is 0 Å². The number of carbonyl (C=O) groups is 1. The van der Waals surface area contributed by atoms with E-state index in [4.69, 9.17) is 4.74 Å². The van der Waals surface area contributed by atoms with Gasteiger partial charge in [0.1, 0.15) is 0 Å². The van der Waals surface area contributed by atoms with Crippen molar-refractivity contribution >= 4 is 35.8 Å². The maximum Gasteiger partial charge on any atom is 0.254 e. The number of nitrogens with zero attached hydrogens (tertiary/aromatic N) is 2. The van der Waals surface area contributed by atoms with Gasteiger partial charge in [0.05, 0.1) is 12.2 Å². The number of nitrogens with one attached hydrogen (secondary N) is 2. The minimum atomic E-state index is 0. The van der Waals surface area contributed by atoms with Gasteiger partial charge in [-0.25, -0.2) is 0 Å². The van der Waals surface area contributed by atoms with Gasteiger partial charge >= 0.3 is 0 Å². The maximum atomic E-state index is 12.7.